The zero-order chi connectivity index (χ0) is 20.6. The first-order valence-corrected chi connectivity index (χ1v) is 9.43. The van der Waals surface area contributed by atoms with Crippen LogP contribution in [0.4, 0.5) is 5.69 Å². The minimum Gasteiger partial charge on any atom is -0.494 e. The monoisotopic (exact) mass is 393 g/mol. The number of amides is 1. The highest BCUT2D eigenvalue weighted by Crippen LogP contribution is 2.29. The Labute approximate surface area is 168 Å². The Kier molecular flexibility index (Phi) is 6.63. The van der Waals surface area contributed by atoms with E-state index in [0.717, 1.165) is 5.56 Å². The van der Waals surface area contributed by atoms with Crippen molar-refractivity contribution in [1.29, 1.82) is 0 Å². The summed E-state index contributed by atoms with van der Waals surface area (Å²) >= 11 is 0. The molecule has 0 aliphatic heterocycles. The maximum Gasteiger partial charge on any atom is 0.276 e. The van der Waals surface area contributed by atoms with Gasteiger partial charge in [-0.3, -0.25) is 9.59 Å². The molecular formula is C22H23N3O4. The number of aromatic nitrogens is 2. The van der Waals surface area contributed by atoms with Crippen LogP contribution in [0.3, 0.4) is 0 Å². The summed E-state index contributed by atoms with van der Waals surface area (Å²) in [6.07, 6.45) is 0. The summed E-state index contributed by atoms with van der Waals surface area (Å²) in [5.41, 5.74) is 1.25. The van der Waals surface area contributed by atoms with Gasteiger partial charge in [0.25, 0.3) is 11.5 Å². The van der Waals surface area contributed by atoms with Crippen molar-refractivity contribution in [3.63, 3.8) is 0 Å². The van der Waals surface area contributed by atoms with Gasteiger partial charge in [0, 0.05) is 12.1 Å². The van der Waals surface area contributed by atoms with E-state index in [9.17, 15) is 9.59 Å². The summed E-state index contributed by atoms with van der Waals surface area (Å²) in [5, 5.41) is 7.02. The molecule has 0 atom stereocenters. The molecule has 0 unspecified atom stereocenters. The summed E-state index contributed by atoms with van der Waals surface area (Å²) < 4.78 is 12.4. The van der Waals surface area contributed by atoms with E-state index in [1.54, 1.807) is 18.2 Å². The maximum absolute atomic E-state index is 12.8. The van der Waals surface area contributed by atoms with E-state index >= 15 is 0 Å². The van der Waals surface area contributed by atoms with Crippen molar-refractivity contribution in [1.82, 2.24) is 9.78 Å². The minimum atomic E-state index is -0.443. The van der Waals surface area contributed by atoms with Gasteiger partial charge in [0.2, 0.25) is 0 Å². The Morgan fingerprint density at radius 1 is 1.00 bits per heavy atom. The van der Waals surface area contributed by atoms with E-state index in [1.165, 1.54) is 16.8 Å². The highest BCUT2D eigenvalue weighted by molar-refractivity contribution is 6.03. The quantitative estimate of drug-likeness (QED) is 0.635. The Morgan fingerprint density at radius 3 is 2.48 bits per heavy atom. The molecule has 7 nitrogen and oxygen atoms in total. The van der Waals surface area contributed by atoms with E-state index in [-0.39, 0.29) is 17.8 Å². The fourth-order valence-electron chi connectivity index (χ4n) is 2.77. The van der Waals surface area contributed by atoms with Crippen molar-refractivity contribution in [2.45, 2.75) is 20.4 Å². The molecule has 29 heavy (non-hydrogen) atoms. The summed E-state index contributed by atoms with van der Waals surface area (Å²) in [4.78, 5) is 24.9. The van der Waals surface area contributed by atoms with Gasteiger partial charge in [0.1, 0.15) is 17.2 Å². The number of benzene rings is 2. The SMILES string of the molecule is CCOc1ccc(OCC)c(NC(=O)c2ccc(=O)n(Cc3ccccc3)n2)c1. The molecule has 2 aromatic carbocycles. The smallest absolute Gasteiger partial charge is 0.276 e. The van der Waals surface area contributed by atoms with Gasteiger partial charge in [-0.25, -0.2) is 4.68 Å². The first kappa shape index (κ1) is 20.1. The highest BCUT2D eigenvalue weighted by Gasteiger charge is 2.14. The molecule has 1 amide bonds. The van der Waals surface area contributed by atoms with Crippen molar-refractivity contribution >= 4 is 11.6 Å². The average Bonchev–Trinajstić information content (AvgIpc) is 2.72. The lowest BCUT2D eigenvalue weighted by Crippen LogP contribution is -2.26. The molecule has 0 saturated heterocycles. The van der Waals surface area contributed by atoms with E-state index in [2.05, 4.69) is 10.4 Å². The topological polar surface area (TPSA) is 82.5 Å². The second kappa shape index (κ2) is 9.54. The third-order valence-electron chi connectivity index (χ3n) is 4.08. The number of carbonyl (C=O) groups is 1. The molecule has 0 saturated carbocycles. The van der Waals surface area contributed by atoms with Crippen LogP contribution in [0.5, 0.6) is 11.5 Å². The van der Waals surface area contributed by atoms with Gasteiger partial charge in [-0.15, -0.1) is 0 Å². The van der Waals surface area contributed by atoms with Crippen LogP contribution in [0.15, 0.2) is 65.5 Å². The predicted molar refractivity (Wildman–Crippen MR) is 111 cm³/mol. The number of nitrogens with one attached hydrogen (secondary N) is 1. The van der Waals surface area contributed by atoms with Crippen molar-refractivity contribution in [3.05, 3.63) is 82.3 Å². The summed E-state index contributed by atoms with van der Waals surface area (Å²) in [6, 6.07) is 17.4. The first-order valence-electron chi connectivity index (χ1n) is 9.43. The molecular weight excluding hydrogens is 370 g/mol. The molecule has 150 valence electrons. The molecule has 1 N–H and O–H groups in total. The van der Waals surface area contributed by atoms with Crippen LogP contribution in [-0.2, 0) is 6.54 Å². The number of anilines is 1. The zero-order valence-corrected chi connectivity index (χ0v) is 16.4. The number of rotatable bonds is 8. The van der Waals surface area contributed by atoms with E-state index in [1.807, 2.05) is 44.2 Å². The molecule has 3 aromatic rings. The molecule has 7 heteroatoms. The first-order chi connectivity index (χ1) is 14.1. The summed E-state index contributed by atoms with van der Waals surface area (Å²) in [7, 11) is 0. The van der Waals surface area contributed by atoms with Gasteiger partial charge < -0.3 is 14.8 Å². The Balaban J connectivity index is 1.84. The minimum absolute atomic E-state index is 0.129. The van der Waals surface area contributed by atoms with E-state index in [4.69, 9.17) is 9.47 Å². The Bertz CT molecular complexity index is 1030. The summed E-state index contributed by atoms with van der Waals surface area (Å²) in [5.74, 6) is 0.705. The van der Waals surface area contributed by atoms with Gasteiger partial charge in [-0.05, 0) is 37.6 Å². The lowest BCUT2D eigenvalue weighted by molar-refractivity contribution is 0.101. The van der Waals surface area contributed by atoms with Crippen molar-refractivity contribution in [2.75, 3.05) is 18.5 Å². The van der Waals surface area contributed by atoms with Gasteiger partial charge in [0.05, 0.1) is 25.4 Å². The van der Waals surface area contributed by atoms with Crippen LogP contribution >= 0.6 is 0 Å². The lowest BCUT2D eigenvalue weighted by atomic mass is 10.2. The van der Waals surface area contributed by atoms with Crippen LogP contribution in [0.1, 0.15) is 29.9 Å². The zero-order valence-electron chi connectivity index (χ0n) is 16.4. The molecule has 1 aromatic heterocycles. The average molecular weight is 393 g/mol. The lowest BCUT2D eigenvalue weighted by Gasteiger charge is -2.13. The molecule has 1 heterocycles. The molecule has 0 aliphatic rings. The van der Waals surface area contributed by atoms with Crippen LogP contribution in [-0.4, -0.2) is 28.9 Å². The normalized spacial score (nSPS) is 10.4. The largest absolute Gasteiger partial charge is 0.494 e. The molecule has 3 rings (SSSR count). The predicted octanol–water partition coefficient (Wildman–Crippen LogP) is 3.34. The maximum atomic E-state index is 12.8. The molecule has 0 fully saturated rings. The van der Waals surface area contributed by atoms with Gasteiger partial charge in [-0.1, -0.05) is 30.3 Å². The van der Waals surface area contributed by atoms with Crippen LogP contribution in [0.25, 0.3) is 0 Å². The molecule has 0 radical (unpaired) electrons. The van der Waals surface area contributed by atoms with E-state index in [0.29, 0.717) is 30.4 Å². The number of hydrogen-bond donors (Lipinski definition) is 1. The fourth-order valence-corrected chi connectivity index (χ4v) is 2.77. The van der Waals surface area contributed by atoms with Crippen LogP contribution < -0.4 is 20.3 Å². The van der Waals surface area contributed by atoms with Crippen molar-refractivity contribution in [2.24, 2.45) is 0 Å². The molecule has 0 spiro atoms. The number of hydrogen-bond acceptors (Lipinski definition) is 5. The molecule has 0 bridgehead atoms. The van der Waals surface area contributed by atoms with Crippen molar-refractivity contribution in [3.8, 4) is 11.5 Å². The van der Waals surface area contributed by atoms with E-state index < -0.39 is 5.91 Å². The number of nitrogens with zero attached hydrogens (tertiary/aromatic N) is 2. The van der Waals surface area contributed by atoms with Crippen LogP contribution in [0.2, 0.25) is 0 Å². The second-order valence-corrected chi connectivity index (χ2v) is 6.18. The van der Waals surface area contributed by atoms with Gasteiger partial charge >= 0.3 is 0 Å². The molecule has 0 aliphatic carbocycles. The third-order valence-corrected chi connectivity index (χ3v) is 4.08. The van der Waals surface area contributed by atoms with Crippen molar-refractivity contribution < 1.29 is 14.3 Å². The number of ether oxygens (including phenoxy) is 2. The Morgan fingerprint density at radius 2 is 1.76 bits per heavy atom. The second-order valence-electron chi connectivity index (χ2n) is 6.18. The summed E-state index contributed by atoms with van der Waals surface area (Å²) in [6.45, 7) is 4.99. The highest BCUT2D eigenvalue weighted by atomic mass is 16.5. The number of carbonyl (C=O) groups excluding carboxylic acids is 1. The standard InChI is InChI=1S/C22H23N3O4/c1-3-28-17-10-12-20(29-4-2)19(14-17)23-22(27)18-11-13-21(26)25(24-18)15-16-8-6-5-7-9-16/h5-14H,3-4,15H2,1-2H3,(H,23,27). The fraction of sp³-hybridized carbons (Fsp3) is 0.227. The Hall–Kier alpha value is -3.61. The van der Waals surface area contributed by atoms with Crippen LogP contribution in [0, 0.1) is 0 Å². The third kappa shape index (κ3) is 5.22. The van der Waals surface area contributed by atoms with Gasteiger partial charge in [0.15, 0.2) is 0 Å². The van der Waals surface area contributed by atoms with Gasteiger partial charge in [-0.2, -0.15) is 5.10 Å².